The van der Waals surface area contributed by atoms with Crippen LogP contribution in [-0.4, -0.2) is 33.7 Å². The van der Waals surface area contributed by atoms with Crippen LogP contribution in [0.3, 0.4) is 0 Å². The molecule has 0 bridgehead atoms. The Balaban J connectivity index is 2.65. The Labute approximate surface area is 152 Å². The first kappa shape index (κ1) is 21.3. The average molecular weight is 369 g/mol. The topological polar surface area (TPSA) is 82.6 Å². The van der Waals surface area contributed by atoms with Gasteiger partial charge in [0, 0.05) is 13.1 Å². The van der Waals surface area contributed by atoms with Gasteiger partial charge in [0.1, 0.15) is 0 Å². The average Bonchev–Trinajstić information content (AvgIpc) is 2.51. The van der Waals surface area contributed by atoms with Gasteiger partial charge in [-0.05, 0) is 30.9 Å². The molecule has 142 valence electrons. The molecule has 7 heteroatoms. The van der Waals surface area contributed by atoms with Crippen molar-refractivity contribution in [3.8, 4) is 0 Å². The van der Waals surface area contributed by atoms with Crippen LogP contribution in [0.2, 0.25) is 0 Å². The highest BCUT2D eigenvalue weighted by Gasteiger charge is 2.07. The number of anilines is 1. The second-order valence-electron chi connectivity index (χ2n) is 6.54. The number of benzene rings is 1. The lowest BCUT2D eigenvalue weighted by Crippen LogP contribution is -2.37. The summed E-state index contributed by atoms with van der Waals surface area (Å²) in [6.45, 7) is 8.56. The molecule has 0 aliphatic rings. The van der Waals surface area contributed by atoms with Gasteiger partial charge in [-0.3, -0.25) is 4.72 Å². The van der Waals surface area contributed by atoms with Crippen LogP contribution in [0.4, 0.5) is 5.69 Å². The molecule has 0 spiro atoms. The molecule has 0 amide bonds. The highest BCUT2D eigenvalue weighted by Crippen LogP contribution is 2.17. The third kappa shape index (κ3) is 9.96. The minimum atomic E-state index is -3.31. The Morgan fingerprint density at radius 3 is 2.52 bits per heavy atom. The van der Waals surface area contributed by atoms with Gasteiger partial charge in [0.2, 0.25) is 10.0 Å². The molecule has 6 nitrogen and oxygen atoms in total. The highest BCUT2D eigenvalue weighted by molar-refractivity contribution is 7.92. The van der Waals surface area contributed by atoms with Gasteiger partial charge in [0.15, 0.2) is 5.96 Å². The summed E-state index contributed by atoms with van der Waals surface area (Å²) < 4.78 is 25.5. The maximum absolute atomic E-state index is 11.5. The molecule has 0 radical (unpaired) electrons. The molecule has 0 aliphatic heterocycles. The molecular weight excluding hydrogens is 336 g/mol. The van der Waals surface area contributed by atoms with Crippen LogP contribution in [0.5, 0.6) is 0 Å². The molecule has 0 saturated heterocycles. The molecule has 0 heterocycles. The van der Waals surface area contributed by atoms with Crippen molar-refractivity contribution in [2.75, 3.05) is 24.1 Å². The predicted octanol–water partition coefficient (Wildman–Crippen LogP) is 2.94. The molecule has 1 aromatic carbocycles. The molecule has 3 N–H and O–H groups in total. The molecule has 0 fully saturated rings. The normalized spacial score (nSPS) is 12.3. The second kappa shape index (κ2) is 11.0. The van der Waals surface area contributed by atoms with Crippen molar-refractivity contribution in [2.24, 2.45) is 10.9 Å². The number of nitrogens with zero attached hydrogens (tertiary/aromatic N) is 1. The molecule has 0 saturated carbocycles. The van der Waals surface area contributed by atoms with Crippen molar-refractivity contribution in [3.63, 3.8) is 0 Å². The first-order chi connectivity index (χ1) is 11.8. The van der Waals surface area contributed by atoms with Crippen LogP contribution >= 0.6 is 0 Å². The van der Waals surface area contributed by atoms with Gasteiger partial charge in [-0.15, -0.1) is 0 Å². The van der Waals surface area contributed by atoms with Gasteiger partial charge in [0.25, 0.3) is 0 Å². The number of para-hydroxylation sites is 1. The van der Waals surface area contributed by atoms with Crippen LogP contribution in [0, 0.1) is 5.92 Å². The van der Waals surface area contributed by atoms with Gasteiger partial charge in [-0.1, -0.05) is 44.9 Å². The highest BCUT2D eigenvalue weighted by atomic mass is 32.2. The lowest BCUT2D eigenvalue weighted by molar-refractivity contribution is 0.534. The van der Waals surface area contributed by atoms with Gasteiger partial charge < -0.3 is 10.6 Å². The lowest BCUT2D eigenvalue weighted by Gasteiger charge is -2.13. The number of rotatable bonds is 10. The first-order valence-corrected chi connectivity index (χ1v) is 10.8. The van der Waals surface area contributed by atoms with E-state index in [1.807, 2.05) is 19.1 Å². The molecule has 0 aromatic heterocycles. The van der Waals surface area contributed by atoms with Crippen LogP contribution in [0.1, 0.15) is 45.6 Å². The zero-order valence-electron chi connectivity index (χ0n) is 15.8. The van der Waals surface area contributed by atoms with Crippen LogP contribution in [0.25, 0.3) is 0 Å². The second-order valence-corrected chi connectivity index (χ2v) is 8.29. The third-order valence-electron chi connectivity index (χ3n) is 3.57. The fraction of sp³-hybridized carbons (Fsp3) is 0.611. The standard InChI is InChI=1S/C18H32N4O2S/c1-5-19-18(20-13-9-8-10-15(2)3)21-14-16-11-6-7-12-17(16)22-25(4,23)24/h6-7,11-12,15,22H,5,8-10,13-14H2,1-4H3,(H2,19,20,21). The van der Waals surface area contributed by atoms with E-state index in [1.165, 1.54) is 12.8 Å². The van der Waals surface area contributed by atoms with Crippen LogP contribution in [-0.2, 0) is 16.6 Å². The maximum atomic E-state index is 11.5. The molecular formula is C18H32N4O2S. The Morgan fingerprint density at radius 2 is 1.88 bits per heavy atom. The zero-order chi connectivity index (χ0) is 18.7. The molecule has 0 aliphatic carbocycles. The van der Waals surface area contributed by atoms with Gasteiger partial charge in [-0.25, -0.2) is 13.4 Å². The number of nitrogens with one attached hydrogen (secondary N) is 3. The summed E-state index contributed by atoms with van der Waals surface area (Å²) in [5.74, 6) is 1.49. The summed E-state index contributed by atoms with van der Waals surface area (Å²) in [5, 5.41) is 6.55. The molecule has 0 atom stereocenters. The number of aliphatic imine (C=N–C) groups is 1. The fourth-order valence-electron chi connectivity index (χ4n) is 2.35. The molecule has 1 rings (SSSR count). The third-order valence-corrected chi connectivity index (χ3v) is 4.16. The smallest absolute Gasteiger partial charge is 0.229 e. The van der Waals surface area contributed by atoms with E-state index in [4.69, 9.17) is 0 Å². The van der Waals surface area contributed by atoms with Crippen LogP contribution in [0.15, 0.2) is 29.3 Å². The molecule has 1 aromatic rings. The van der Waals surface area contributed by atoms with E-state index in [1.54, 1.807) is 12.1 Å². The van der Waals surface area contributed by atoms with Crippen molar-refractivity contribution in [1.82, 2.24) is 10.6 Å². The lowest BCUT2D eigenvalue weighted by atomic mass is 10.1. The minimum absolute atomic E-state index is 0.403. The predicted molar refractivity (Wildman–Crippen MR) is 106 cm³/mol. The number of guanidine groups is 1. The van der Waals surface area contributed by atoms with Gasteiger partial charge in [-0.2, -0.15) is 0 Å². The van der Waals surface area contributed by atoms with E-state index < -0.39 is 10.0 Å². The van der Waals surface area contributed by atoms with Crippen molar-refractivity contribution >= 4 is 21.7 Å². The Bertz CT molecular complexity index is 642. The number of hydrogen-bond donors (Lipinski definition) is 3. The van der Waals surface area contributed by atoms with E-state index >= 15 is 0 Å². The largest absolute Gasteiger partial charge is 0.357 e. The Morgan fingerprint density at radius 1 is 1.16 bits per heavy atom. The number of unbranched alkanes of at least 4 members (excludes halogenated alkanes) is 1. The van der Waals surface area contributed by atoms with Crippen molar-refractivity contribution < 1.29 is 8.42 Å². The van der Waals surface area contributed by atoms with Gasteiger partial charge in [0.05, 0.1) is 18.5 Å². The first-order valence-electron chi connectivity index (χ1n) is 8.89. The minimum Gasteiger partial charge on any atom is -0.357 e. The summed E-state index contributed by atoms with van der Waals surface area (Å²) in [7, 11) is -3.31. The maximum Gasteiger partial charge on any atom is 0.229 e. The monoisotopic (exact) mass is 368 g/mol. The Hall–Kier alpha value is -1.76. The summed E-state index contributed by atoms with van der Waals surface area (Å²) in [4.78, 5) is 4.57. The summed E-state index contributed by atoms with van der Waals surface area (Å²) in [5.41, 5.74) is 1.41. The molecule has 25 heavy (non-hydrogen) atoms. The summed E-state index contributed by atoms with van der Waals surface area (Å²) >= 11 is 0. The van der Waals surface area contributed by atoms with E-state index in [0.29, 0.717) is 12.2 Å². The summed E-state index contributed by atoms with van der Waals surface area (Å²) in [6, 6.07) is 7.31. The Kier molecular flexibility index (Phi) is 9.34. The van der Waals surface area contributed by atoms with E-state index in [-0.39, 0.29) is 0 Å². The number of sulfonamides is 1. The fourth-order valence-corrected chi connectivity index (χ4v) is 2.95. The van der Waals surface area contributed by atoms with E-state index in [0.717, 1.165) is 43.2 Å². The van der Waals surface area contributed by atoms with Crippen LogP contribution < -0.4 is 15.4 Å². The SMILES string of the molecule is CCNC(=NCc1ccccc1NS(C)(=O)=O)NCCCCC(C)C. The zero-order valence-corrected chi connectivity index (χ0v) is 16.6. The van der Waals surface area contributed by atoms with Crippen molar-refractivity contribution in [1.29, 1.82) is 0 Å². The summed E-state index contributed by atoms with van der Waals surface area (Å²) in [6.07, 6.45) is 4.69. The van der Waals surface area contributed by atoms with Crippen molar-refractivity contribution in [3.05, 3.63) is 29.8 Å². The van der Waals surface area contributed by atoms with E-state index in [2.05, 4.69) is 34.2 Å². The van der Waals surface area contributed by atoms with E-state index in [9.17, 15) is 8.42 Å². The van der Waals surface area contributed by atoms with Gasteiger partial charge >= 0.3 is 0 Å². The molecule has 0 unspecified atom stereocenters. The quantitative estimate of drug-likeness (QED) is 0.337. The van der Waals surface area contributed by atoms with Crippen molar-refractivity contribution in [2.45, 2.75) is 46.6 Å². The number of hydrogen-bond acceptors (Lipinski definition) is 3.